The van der Waals surface area contributed by atoms with E-state index in [0.717, 1.165) is 24.7 Å². The van der Waals surface area contributed by atoms with Crippen molar-refractivity contribution >= 4 is 11.8 Å². The largest absolute Gasteiger partial charge is 0.354 e. The summed E-state index contributed by atoms with van der Waals surface area (Å²) in [4.78, 5) is 24.4. The van der Waals surface area contributed by atoms with E-state index >= 15 is 0 Å². The van der Waals surface area contributed by atoms with Gasteiger partial charge in [-0.15, -0.1) is 0 Å². The molecular weight excluding hydrogens is 276 g/mol. The number of rotatable bonds is 5. The number of nitrogens with one attached hydrogen (secondary N) is 2. The molecule has 4 rings (SSSR count). The Kier molecular flexibility index (Phi) is 3.87. The molecule has 4 aliphatic rings. The Hall–Kier alpha value is -1.06. The van der Waals surface area contributed by atoms with Crippen LogP contribution in [0.3, 0.4) is 0 Å². The molecule has 4 saturated carbocycles. The van der Waals surface area contributed by atoms with E-state index < -0.39 is 0 Å². The molecule has 0 aromatic heterocycles. The molecule has 0 unspecified atom stereocenters. The van der Waals surface area contributed by atoms with Gasteiger partial charge >= 0.3 is 0 Å². The van der Waals surface area contributed by atoms with E-state index in [9.17, 15) is 9.59 Å². The zero-order valence-corrected chi connectivity index (χ0v) is 13.4. The molecule has 4 bridgehead atoms. The average molecular weight is 304 g/mol. The SMILES string of the molecule is O=C(NCCNC(=O)[C@H]1C[C@H]2CC[C@H]1C2)[C@H]1C[C@H]2CC[C@H]1C2. The van der Waals surface area contributed by atoms with E-state index in [2.05, 4.69) is 10.6 Å². The van der Waals surface area contributed by atoms with Gasteiger partial charge in [-0.05, 0) is 62.2 Å². The molecular formula is C18H28N2O2. The topological polar surface area (TPSA) is 58.2 Å². The van der Waals surface area contributed by atoms with Crippen molar-refractivity contribution in [3.63, 3.8) is 0 Å². The van der Waals surface area contributed by atoms with Crippen molar-refractivity contribution in [2.75, 3.05) is 13.1 Å². The first-order valence-electron chi connectivity index (χ1n) is 9.26. The van der Waals surface area contributed by atoms with Crippen LogP contribution in [0.5, 0.6) is 0 Å². The van der Waals surface area contributed by atoms with E-state index in [4.69, 9.17) is 0 Å². The summed E-state index contributed by atoms with van der Waals surface area (Å²) >= 11 is 0. The van der Waals surface area contributed by atoms with Gasteiger partial charge < -0.3 is 10.6 Å². The van der Waals surface area contributed by atoms with Crippen molar-refractivity contribution in [1.82, 2.24) is 10.6 Å². The smallest absolute Gasteiger partial charge is 0.223 e. The highest BCUT2D eigenvalue weighted by Crippen LogP contribution is 2.49. The fourth-order valence-corrected chi connectivity index (χ4v) is 5.77. The van der Waals surface area contributed by atoms with Gasteiger partial charge in [0.15, 0.2) is 0 Å². The van der Waals surface area contributed by atoms with E-state index in [1.807, 2.05) is 0 Å². The lowest BCUT2D eigenvalue weighted by molar-refractivity contribution is -0.128. The molecule has 0 aliphatic heterocycles. The minimum Gasteiger partial charge on any atom is -0.354 e. The van der Waals surface area contributed by atoms with E-state index in [0.29, 0.717) is 24.9 Å². The van der Waals surface area contributed by atoms with Gasteiger partial charge in [0.2, 0.25) is 11.8 Å². The van der Waals surface area contributed by atoms with Crippen molar-refractivity contribution in [3.05, 3.63) is 0 Å². The Labute approximate surface area is 132 Å². The molecule has 0 radical (unpaired) electrons. The van der Waals surface area contributed by atoms with Crippen LogP contribution in [0.1, 0.15) is 51.4 Å². The minimum absolute atomic E-state index is 0.223. The van der Waals surface area contributed by atoms with Crippen LogP contribution in [0.15, 0.2) is 0 Å². The number of fused-ring (bicyclic) bond motifs is 4. The molecule has 122 valence electrons. The summed E-state index contributed by atoms with van der Waals surface area (Å²) in [6.45, 7) is 1.17. The summed E-state index contributed by atoms with van der Waals surface area (Å²) in [5.74, 6) is 3.82. The molecule has 22 heavy (non-hydrogen) atoms. The number of hydrogen-bond donors (Lipinski definition) is 2. The van der Waals surface area contributed by atoms with Crippen LogP contribution >= 0.6 is 0 Å². The molecule has 4 aliphatic carbocycles. The first-order valence-corrected chi connectivity index (χ1v) is 9.26. The lowest BCUT2D eigenvalue weighted by atomic mass is 9.88. The number of amides is 2. The Balaban J connectivity index is 1.15. The summed E-state index contributed by atoms with van der Waals surface area (Å²) in [5.41, 5.74) is 0. The highest BCUT2D eigenvalue weighted by atomic mass is 16.2. The average Bonchev–Trinajstić information content (AvgIpc) is 3.30. The molecule has 4 nitrogen and oxygen atoms in total. The molecule has 0 aromatic rings. The molecule has 0 saturated heterocycles. The van der Waals surface area contributed by atoms with Gasteiger partial charge in [-0.1, -0.05) is 12.8 Å². The maximum absolute atomic E-state index is 12.2. The lowest BCUT2D eigenvalue weighted by Gasteiger charge is -2.22. The predicted octanol–water partition coefficient (Wildman–Crippen LogP) is 2.09. The normalized spacial score (nSPS) is 41.8. The van der Waals surface area contributed by atoms with Crippen LogP contribution in [0.2, 0.25) is 0 Å². The highest BCUT2D eigenvalue weighted by molar-refractivity contribution is 5.80. The summed E-state index contributed by atoms with van der Waals surface area (Å²) in [6, 6.07) is 0. The third-order valence-corrected chi connectivity index (χ3v) is 6.87. The van der Waals surface area contributed by atoms with E-state index in [-0.39, 0.29) is 23.7 Å². The Morgan fingerprint density at radius 1 is 0.682 bits per heavy atom. The van der Waals surface area contributed by atoms with Crippen LogP contribution in [0, 0.1) is 35.5 Å². The quantitative estimate of drug-likeness (QED) is 0.764. The van der Waals surface area contributed by atoms with Gasteiger partial charge in [0.05, 0.1) is 0 Å². The second-order valence-electron chi connectivity index (χ2n) is 8.14. The van der Waals surface area contributed by atoms with E-state index in [1.54, 1.807) is 0 Å². The third kappa shape index (κ3) is 2.65. The summed E-state index contributed by atoms with van der Waals surface area (Å²) < 4.78 is 0. The maximum Gasteiger partial charge on any atom is 0.223 e. The van der Waals surface area contributed by atoms with Crippen molar-refractivity contribution in [2.45, 2.75) is 51.4 Å². The van der Waals surface area contributed by atoms with Gasteiger partial charge in [0, 0.05) is 24.9 Å². The Morgan fingerprint density at radius 3 is 1.45 bits per heavy atom. The molecule has 4 fully saturated rings. The van der Waals surface area contributed by atoms with Crippen LogP contribution in [-0.4, -0.2) is 24.9 Å². The monoisotopic (exact) mass is 304 g/mol. The van der Waals surface area contributed by atoms with Crippen molar-refractivity contribution < 1.29 is 9.59 Å². The highest BCUT2D eigenvalue weighted by Gasteiger charge is 2.43. The summed E-state index contributed by atoms with van der Waals surface area (Å²) in [7, 11) is 0. The van der Waals surface area contributed by atoms with Gasteiger partial charge in [0.25, 0.3) is 0 Å². The van der Waals surface area contributed by atoms with Crippen LogP contribution in [0.4, 0.5) is 0 Å². The molecule has 6 atom stereocenters. The second-order valence-corrected chi connectivity index (χ2v) is 8.14. The molecule has 0 aromatic carbocycles. The summed E-state index contributed by atoms with van der Waals surface area (Å²) in [5, 5.41) is 6.07. The van der Waals surface area contributed by atoms with E-state index in [1.165, 1.54) is 38.5 Å². The van der Waals surface area contributed by atoms with Crippen molar-refractivity contribution in [2.24, 2.45) is 35.5 Å². The molecule has 2 amide bonds. The zero-order valence-electron chi connectivity index (χ0n) is 13.4. The van der Waals surface area contributed by atoms with Crippen LogP contribution in [-0.2, 0) is 9.59 Å². The van der Waals surface area contributed by atoms with Crippen molar-refractivity contribution in [3.8, 4) is 0 Å². The van der Waals surface area contributed by atoms with Gasteiger partial charge in [-0.2, -0.15) is 0 Å². The van der Waals surface area contributed by atoms with Crippen molar-refractivity contribution in [1.29, 1.82) is 0 Å². The lowest BCUT2D eigenvalue weighted by Crippen LogP contribution is -2.41. The number of carbonyl (C=O) groups excluding carboxylic acids is 2. The number of carbonyl (C=O) groups is 2. The number of hydrogen-bond acceptors (Lipinski definition) is 2. The van der Waals surface area contributed by atoms with Crippen LogP contribution < -0.4 is 10.6 Å². The molecule has 4 heteroatoms. The third-order valence-electron chi connectivity index (χ3n) is 6.87. The first kappa shape index (κ1) is 14.5. The Bertz CT molecular complexity index is 422. The maximum atomic E-state index is 12.2. The van der Waals surface area contributed by atoms with Gasteiger partial charge in [-0.3, -0.25) is 9.59 Å². The summed E-state index contributed by atoms with van der Waals surface area (Å²) in [6.07, 6.45) is 9.84. The predicted molar refractivity (Wildman–Crippen MR) is 83.9 cm³/mol. The fourth-order valence-electron chi connectivity index (χ4n) is 5.77. The fraction of sp³-hybridized carbons (Fsp3) is 0.889. The standard InChI is InChI=1S/C18H28N2O2/c21-17(15-9-11-1-3-13(15)7-11)19-5-6-20-18(22)16-10-12-2-4-14(16)8-12/h11-16H,1-10H2,(H,19,21)(H,20,22)/t11-,12-,13-,14-,15-,16-/m0/s1. The first-order chi connectivity index (χ1) is 10.7. The minimum atomic E-state index is 0.223. The second kappa shape index (κ2) is 5.86. The van der Waals surface area contributed by atoms with Gasteiger partial charge in [0.1, 0.15) is 0 Å². The van der Waals surface area contributed by atoms with Gasteiger partial charge in [-0.25, -0.2) is 0 Å². The molecule has 0 spiro atoms. The molecule has 2 N–H and O–H groups in total. The zero-order chi connectivity index (χ0) is 15.1. The van der Waals surface area contributed by atoms with Crippen LogP contribution in [0.25, 0.3) is 0 Å². The molecule has 0 heterocycles. The Morgan fingerprint density at radius 2 is 1.14 bits per heavy atom.